The van der Waals surface area contributed by atoms with Crippen molar-refractivity contribution < 1.29 is 32.9 Å². The zero-order valence-corrected chi connectivity index (χ0v) is 31.0. The molecule has 3 N–H and O–H groups in total. The quantitative estimate of drug-likeness (QED) is 0.0280. The van der Waals surface area contributed by atoms with Crippen molar-refractivity contribution in [3.05, 3.63) is 12.2 Å². The second-order valence-electron chi connectivity index (χ2n) is 14.0. The number of nitrogens with zero attached hydrogens (tertiary/aromatic N) is 1. The molecule has 0 heterocycles. The zero-order chi connectivity index (χ0) is 33.7. The molecule has 0 aliphatic heterocycles. The summed E-state index contributed by atoms with van der Waals surface area (Å²) < 4.78 is 23.4. The Hall–Kier alpha value is -0.760. The summed E-state index contributed by atoms with van der Waals surface area (Å²) in [5.41, 5.74) is 0. The highest BCUT2D eigenvalue weighted by Crippen LogP contribution is 2.43. The number of hydrogen-bond donors (Lipinski definition) is 3. The second-order valence-corrected chi connectivity index (χ2v) is 15.4. The Balaban J connectivity index is 4.54. The molecule has 0 spiro atoms. The molecule has 0 aromatic heterocycles. The molecule has 1 unspecified atom stereocenters. The minimum absolute atomic E-state index is 0.0639. The number of carbonyl (C=O) groups excluding carboxylic acids is 1. The van der Waals surface area contributed by atoms with Crippen molar-refractivity contribution in [2.24, 2.45) is 0 Å². The number of hydrogen-bond acceptors (Lipinski definition) is 5. The Kier molecular flexibility index (Phi) is 28.9. The molecule has 0 rings (SSSR count). The highest BCUT2D eigenvalue weighted by atomic mass is 31.2. The first-order valence-electron chi connectivity index (χ1n) is 18.6. The Labute approximate surface area is 278 Å². The lowest BCUT2D eigenvalue weighted by Gasteiger charge is -2.25. The first-order chi connectivity index (χ1) is 21.5. The van der Waals surface area contributed by atoms with Crippen molar-refractivity contribution in [3.63, 3.8) is 0 Å². The van der Waals surface area contributed by atoms with Gasteiger partial charge < -0.3 is 19.8 Å². The normalized spacial score (nSPS) is 14.9. The Morgan fingerprint density at radius 2 is 1.18 bits per heavy atom. The van der Waals surface area contributed by atoms with Crippen LogP contribution < -0.4 is 5.32 Å². The predicted molar refractivity (Wildman–Crippen MR) is 189 cm³/mol. The average molecular weight is 662 g/mol. The van der Waals surface area contributed by atoms with E-state index in [1.54, 1.807) is 6.08 Å². The van der Waals surface area contributed by atoms with Crippen LogP contribution in [0.3, 0.4) is 0 Å². The Morgan fingerprint density at radius 3 is 1.64 bits per heavy atom. The van der Waals surface area contributed by atoms with E-state index in [1.807, 2.05) is 27.2 Å². The molecular formula is C36H74N2O6P+. The number of aliphatic hydroxyl groups is 1. The van der Waals surface area contributed by atoms with Gasteiger partial charge >= 0.3 is 7.82 Å². The lowest BCUT2D eigenvalue weighted by molar-refractivity contribution is -0.870. The Morgan fingerprint density at radius 1 is 0.733 bits per heavy atom. The summed E-state index contributed by atoms with van der Waals surface area (Å²) in [5.74, 6) is -0.182. The number of unbranched alkanes of at least 4 members (excludes halogenated alkanes) is 20. The summed E-state index contributed by atoms with van der Waals surface area (Å²) >= 11 is 0. The predicted octanol–water partition coefficient (Wildman–Crippen LogP) is 9.24. The number of nitrogens with one attached hydrogen (secondary N) is 1. The molecule has 0 radical (unpaired) electrons. The number of likely N-dealkylation sites (N-methyl/N-ethyl adjacent to an activating group) is 1. The van der Waals surface area contributed by atoms with Crippen molar-refractivity contribution in [1.29, 1.82) is 0 Å². The van der Waals surface area contributed by atoms with Crippen LogP contribution in [0.1, 0.15) is 162 Å². The molecule has 268 valence electrons. The van der Waals surface area contributed by atoms with Gasteiger partial charge in [0, 0.05) is 6.42 Å². The molecule has 0 aliphatic rings. The number of phosphoric ester groups is 1. The van der Waals surface area contributed by atoms with E-state index in [1.165, 1.54) is 103 Å². The maximum Gasteiger partial charge on any atom is 0.472 e. The molecule has 0 aromatic rings. The van der Waals surface area contributed by atoms with E-state index >= 15 is 0 Å². The van der Waals surface area contributed by atoms with Gasteiger partial charge in [-0.05, 0) is 19.3 Å². The van der Waals surface area contributed by atoms with Gasteiger partial charge in [-0.2, -0.15) is 0 Å². The van der Waals surface area contributed by atoms with Gasteiger partial charge in [-0.1, -0.05) is 148 Å². The number of allylic oxidation sites excluding steroid dienone is 1. The summed E-state index contributed by atoms with van der Waals surface area (Å²) in [5, 5.41) is 13.7. The monoisotopic (exact) mass is 662 g/mol. The van der Waals surface area contributed by atoms with Crippen LogP contribution >= 0.6 is 7.82 Å². The van der Waals surface area contributed by atoms with Crippen LogP contribution in [0.2, 0.25) is 0 Å². The summed E-state index contributed by atoms with van der Waals surface area (Å²) in [7, 11) is 1.57. The van der Waals surface area contributed by atoms with E-state index < -0.39 is 20.0 Å². The van der Waals surface area contributed by atoms with Crippen LogP contribution in [0.25, 0.3) is 0 Å². The topological polar surface area (TPSA) is 105 Å². The molecule has 0 aliphatic carbocycles. The van der Waals surface area contributed by atoms with Crippen LogP contribution in [0, 0.1) is 0 Å². The SMILES string of the molecule is CCCCCCCCCCCCCC/C=C/[C@@H](O)[C@H](COP(=O)(O)OCC[N+](C)(C)C)NC(=O)CCCCCCCCCCC. The van der Waals surface area contributed by atoms with Crippen LogP contribution in [0.4, 0.5) is 0 Å². The first-order valence-corrected chi connectivity index (χ1v) is 20.1. The molecule has 8 nitrogen and oxygen atoms in total. The van der Waals surface area contributed by atoms with Gasteiger partial charge in [-0.3, -0.25) is 13.8 Å². The fourth-order valence-electron chi connectivity index (χ4n) is 5.22. The fraction of sp³-hybridized carbons (Fsp3) is 0.917. The molecule has 0 fully saturated rings. The number of rotatable bonds is 33. The maximum absolute atomic E-state index is 12.7. The molecular weight excluding hydrogens is 587 g/mol. The largest absolute Gasteiger partial charge is 0.472 e. The molecule has 0 aromatic carbocycles. The summed E-state index contributed by atoms with van der Waals surface area (Å²) in [6, 6.07) is -0.836. The lowest BCUT2D eigenvalue weighted by Crippen LogP contribution is -2.45. The average Bonchev–Trinajstić information content (AvgIpc) is 2.97. The molecule has 45 heavy (non-hydrogen) atoms. The third-order valence-corrected chi connectivity index (χ3v) is 9.24. The van der Waals surface area contributed by atoms with Crippen LogP contribution in [0.5, 0.6) is 0 Å². The highest BCUT2D eigenvalue weighted by Gasteiger charge is 2.27. The third kappa shape index (κ3) is 31.6. The maximum atomic E-state index is 12.7. The first kappa shape index (κ1) is 44.2. The zero-order valence-electron chi connectivity index (χ0n) is 30.1. The summed E-state index contributed by atoms with van der Waals surface area (Å²) in [6.07, 6.45) is 29.9. The van der Waals surface area contributed by atoms with Crippen LogP contribution in [0.15, 0.2) is 12.2 Å². The molecule has 0 saturated carbocycles. The number of aliphatic hydroxyl groups excluding tert-OH is 1. The van der Waals surface area contributed by atoms with E-state index in [2.05, 4.69) is 19.2 Å². The minimum atomic E-state index is -4.32. The summed E-state index contributed by atoms with van der Waals surface area (Å²) in [6.45, 7) is 4.77. The van der Waals surface area contributed by atoms with Crippen molar-refractivity contribution in [2.75, 3.05) is 40.9 Å². The van der Waals surface area contributed by atoms with Gasteiger partial charge in [0.1, 0.15) is 13.2 Å². The minimum Gasteiger partial charge on any atom is -0.387 e. The van der Waals surface area contributed by atoms with Gasteiger partial charge in [0.05, 0.1) is 39.9 Å². The van der Waals surface area contributed by atoms with Gasteiger partial charge in [0.25, 0.3) is 0 Å². The fourth-order valence-corrected chi connectivity index (χ4v) is 5.95. The van der Waals surface area contributed by atoms with Crippen molar-refractivity contribution in [1.82, 2.24) is 5.32 Å². The van der Waals surface area contributed by atoms with E-state index in [0.29, 0.717) is 17.4 Å². The number of phosphoric acid groups is 1. The van der Waals surface area contributed by atoms with E-state index in [9.17, 15) is 19.4 Å². The molecule has 1 amide bonds. The van der Waals surface area contributed by atoms with Gasteiger partial charge in [0.2, 0.25) is 5.91 Å². The third-order valence-electron chi connectivity index (χ3n) is 8.26. The van der Waals surface area contributed by atoms with Crippen molar-refractivity contribution >= 4 is 13.7 Å². The molecule has 9 heteroatoms. The number of quaternary nitrogens is 1. The van der Waals surface area contributed by atoms with Gasteiger partial charge in [-0.15, -0.1) is 0 Å². The molecule has 0 bridgehead atoms. The van der Waals surface area contributed by atoms with Crippen molar-refractivity contribution in [2.45, 2.75) is 174 Å². The van der Waals surface area contributed by atoms with Gasteiger partial charge in [0.15, 0.2) is 0 Å². The number of amides is 1. The smallest absolute Gasteiger partial charge is 0.387 e. The Bertz CT molecular complexity index is 758. The van der Waals surface area contributed by atoms with Gasteiger partial charge in [-0.25, -0.2) is 4.57 Å². The van der Waals surface area contributed by atoms with Crippen molar-refractivity contribution in [3.8, 4) is 0 Å². The van der Waals surface area contributed by atoms with E-state index in [-0.39, 0.29) is 19.1 Å². The molecule has 3 atom stereocenters. The van der Waals surface area contributed by atoms with Crippen LogP contribution in [-0.4, -0.2) is 73.4 Å². The number of carbonyl (C=O) groups is 1. The van der Waals surface area contributed by atoms with E-state index in [0.717, 1.165) is 38.5 Å². The molecule has 0 saturated heterocycles. The standard InChI is InChI=1S/C36H73N2O6P/c1-6-8-10-12-14-16-17-18-19-20-22-23-25-27-29-35(39)34(33-44-45(41,42)43-32-31-38(3,4)5)37-36(40)30-28-26-24-21-15-13-11-9-7-2/h27,29,34-35,39H,6-26,28,30-33H2,1-5H3,(H-,37,40,41,42)/p+1/b29-27+/t34-,35+/m0/s1. The van der Waals surface area contributed by atoms with E-state index in [4.69, 9.17) is 9.05 Å². The highest BCUT2D eigenvalue weighted by molar-refractivity contribution is 7.47. The second kappa shape index (κ2) is 29.4. The lowest BCUT2D eigenvalue weighted by atomic mass is 10.0. The van der Waals surface area contributed by atoms with Crippen LogP contribution in [-0.2, 0) is 18.4 Å². The summed E-state index contributed by atoms with van der Waals surface area (Å²) in [4.78, 5) is 22.9.